The first-order valence-corrected chi connectivity index (χ1v) is 8.83. The van der Waals surface area contributed by atoms with Gasteiger partial charge in [-0.15, -0.1) is 0 Å². The van der Waals surface area contributed by atoms with Crippen LogP contribution in [0.3, 0.4) is 0 Å². The molecule has 4 nitrogen and oxygen atoms in total. The molecule has 2 rings (SSSR count). The Hall–Kier alpha value is -0.910. The van der Waals surface area contributed by atoms with Crippen LogP contribution in [-0.2, 0) is 16.6 Å². The first kappa shape index (κ1) is 15.5. The van der Waals surface area contributed by atoms with E-state index in [1.165, 1.54) is 12.8 Å². The summed E-state index contributed by atoms with van der Waals surface area (Å²) < 4.78 is 27.7. The van der Waals surface area contributed by atoms with Crippen LogP contribution in [0.2, 0.25) is 0 Å². The molecule has 1 saturated carbocycles. The van der Waals surface area contributed by atoms with Crippen molar-refractivity contribution in [2.24, 2.45) is 5.73 Å². The molecule has 0 atom stereocenters. The number of sulfonamides is 1. The topological polar surface area (TPSA) is 72.2 Å². The van der Waals surface area contributed by atoms with E-state index in [-0.39, 0.29) is 6.04 Å². The van der Waals surface area contributed by atoms with E-state index in [0.29, 0.717) is 11.4 Å². The molecule has 1 aromatic rings. The molecular formula is C15H24N2O2S. The summed E-state index contributed by atoms with van der Waals surface area (Å²) in [6.07, 6.45) is 6.53. The van der Waals surface area contributed by atoms with Gasteiger partial charge in [-0.1, -0.05) is 31.7 Å². The van der Waals surface area contributed by atoms with Crippen molar-refractivity contribution in [2.45, 2.75) is 62.9 Å². The van der Waals surface area contributed by atoms with Gasteiger partial charge in [-0.05, 0) is 43.0 Å². The standard InChI is InChI=1S/C15H24N2O2S/c1-12-10-15(9-8-13(12)11-16)20(18,19)17-14-6-4-2-3-5-7-14/h8-10,14,17H,2-7,11,16H2,1H3. The van der Waals surface area contributed by atoms with Gasteiger partial charge in [-0.3, -0.25) is 0 Å². The molecular weight excluding hydrogens is 272 g/mol. The van der Waals surface area contributed by atoms with Crippen LogP contribution in [0, 0.1) is 6.92 Å². The third kappa shape index (κ3) is 3.81. The Labute approximate surface area is 121 Å². The van der Waals surface area contributed by atoms with Gasteiger partial charge in [0.1, 0.15) is 0 Å². The molecule has 0 aromatic heterocycles. The fourth-order valence-electron chi connectivity index (χ4n) is 2.75. The summed E-state index contributed by atoms with van der Waals surface area (Å²) >= 11 is 0. The lowest BCUT2D eigenvalue weighted by Crippen LogP contribution is -2.34. The van der Waals surface area contributed by atoms with Crippen molar-refractivity contribution in [1.29, 1.82) is 0 Å². The van der Waals surface area contributed by atoms with Gasteiger partial charge < -0.3 is 5.73 Å². The minimum atomic E-state index is -3.41. The molecule has 0 aliphatic heterocycles. The van der Waals surface area contributed by atoms with Crippen molar-refractivity contribution < 1.29 is 8.42 Å². The molecule has 5 heteroatoms. The molecule has 0 amide bonds. The lowest BCUT2D eigenvalue weighted by molar-refractivity contribution is 0.510. The number of hydrogen-bond acceptors (Lipinski definition) is 3. The van der Waals surface area contributed by atoms with Crippen LogP contribution >= 0.6 is 0 Å². The van der Waals surface area contributed by atoms with Crippen LogP contribution in [0.5, 0.6) is 0 Å². The maximum Gasteiger partial charge on any atom is 0.240 e. The fraction of sp³-hybridized carbons (Fsp3) is 0.600. The second kappa shape index (κ2) is 6.70. The lowest BCUT2D eigenvalue weighted by Gasteiger charge is -2.17. The number of benzene rings is 1. The van der Waals surface area contributed by atoms with Crippen LogP contribution in [-0.4, -0.2) is 14.5 Å². The summed E-state index contributed by atoms with van der Waals surface area (Å²) in [5.74, 6) is 0. The summed E-state index contributed by atoms with van der Waals surface area (Å²) in [6, 6.07) is 5.24. The first-order valence-electron chi connectivity index (χ1n) is 7.35. The summed E-state index contributed by atoms with van der Waals surface area (Å²) in [6.45, 7) is 2.33. The maximum atomic E-state index is 12.4. The molecule has 112 valence electrons. The van der Waals surface area contributed by atoms with E-state index in [1.54, 1.807) is 18.2 Å². The molecule has 1 aliphatic carbocycles. The Morgan fingerprint density at radius 1 is 1.20 bits per heavy atom. The quantitative estimate of drug-likeness (QED) is 0.838. The summed E-state index contributed by atoms with van der Waals surface area (Å²) in [5.41, 5.74) is 7.52. The van der Waals surface area contributed by atoms with Crippen molar-refractivity contribution in [3.8, 4) is 0 Å². The van der Waals surface area contributed by atoms with E-state index < -0.39 is 10.0 Å². The number of aryl methyl sites for hydroxylation is 1. The summed E-state index contributed by atoms with van der Waals surface area (Å²) in [4.78, 5) is 0.344. The molecule has 1 aliphatic rings. The minimum Gasteiger partial charge on any atom is -0.326 e. The fourth-order valence-corrected chi connectivity index (χ4v) is 4.14. The monoisotopic (exact) mass is 296 g/mol. The molecule has 1 fully saturated rings. The first-order chi connectivity index (χ1) is 9.53. The highest BCUT2D eigenvalue weighted by molar-refractivity contribution is 7.89. The summed E-state index contributed by atoms with van der Waals surface area (Å²) in [5, 5.41) is 0. The molecule has 0 spiro atoms. The number of hydrogen-bond donors (Lipinski definition) is 2. The van der Waals surface area contributed by atoms with Crippen molar-refractivity contribution in [2.75, 3.05) is 0 Å². The van der Waals surface area contributed by atoms with E-state index in [4.69, 9.17) is 5.73 Å². The summed E-state index contributed by atoms with van der Waals surface area (Å²) in [7, 11) is -3.41. The van der Waals surface area contributed by atoms with Crippen molar-refractivity contribution >= 4 is 10.0 Å². The van der Waals surface area contributed by atoms with E-state index in [1.807, 2.05) is 6.92 Å². The zero-order valence-electron chi connectivity index (χ0n) is 12.1. The van der Waals surface area contributed by atoms with Crippen LogP contribution < -0.4 is 10.5 Å². The van der Waals surface area contributed by atoms with Crippen LogP contribution in [0.25, 0.3) is 0 Å². The van der Waals surface area contributed by atoms with E-state index in [9.17, 15) is 8.42 Å². The van der Waals surface area contributed by atoms with Crippen LogP contribution in [0.1, 0.15) is 49.7 Å². The van der Waals surface area contributed by atoms with Gasteiger partial charge in [-0.25, -0.2) is 13.1 Å². The number of nitrogens with one attached hydrogen (secondary N) is 1. The molecule has 1 aromatic carbocycles. The molecule has 0 saturated heterocycles. The van der Waals surface area contributed by atoms with Gasteiger partial charge in [0.05, 0.1) is 4.90 Å². The van der Waals surface area contributed by atoms with Crippen molar-refractivity contribution in [3.63, 3.8) is 0 Å². The molecule has 20 heavy (non-hydrogen) atoms. The molecule has 0 bridgehead atoms. The van der Waals surface area contributed by atoms with Gasteiger partial charge in [-0.2, -0.15) is 0 Å². The maximum absolute atomic E-state index is 12.4. The van der Waals surface area contributed by atoms with Crippen molar-refractivity contribution in [1.82, 2.24) is 4.72 Å². The molecule has 3 N–H and O–H groups in total. The van der Waals surface area contributed by atoms with Gasteiger partial charge in [0, 0.05) is 12.6 Å². The van der Waals surface area contributed by atoms with Crippen molar-refractivity contribution in [3.05, 3.63) is 29.3 Å². The molecule has 0 radical (unpaired) electrons. The second-order valence-corrected chi connectivity index (χ2v) is 7.32. The third-order valence-electron chi connectivity index (χ3n) is 4.02. The van der Waals surface area contributed by atoms with E-state index in [0.717, 1.165) is 36.8 Å². The number of rotatable bonds is 4. The van der Waals surface area contributed by atoms with Gasteiger partial charge >= 0.3 is 0 Å². The largest absolute Gasteiger partial charge is 0.326 e. The Kier molecular flexibility index (Phi) is 5.18. The Bertz CT molecular complexity index is 547. The van der Waals surface area contributed by atoms with Gasteiger partial charge in [0.25, 0.3) is 0 Å². The average molecular weight is 296 g/mol. The van der Waals surface area contributed by atoms with Gasteiger partial charge in [0.15, 0.2) is 0 Å². The Balaban J connectivity index is 2.15. The molecule has 0 unspecified atom stereocenters. The average Bonchev–Trinajstić information content (AvgIpc) is 2.66. The zero-order valence-corrected chi connectivity index (χ0v) is 12.9. The Morgan fingerprint density at radius 3 is 2.40 bits per heavy atom. The highest BCUT2D eigenvalue weighted by Crippen LogP contribution is 2.20. The highest BCUT2D eigenvalue weighted by atomic mass is 32.2. The highest BCUT2D eigenvalue weighted by Gasteiger charge is 2.21. The van der Waals surface area contributed by atoms with Gasteiger partial charge in [0.2, 0.25) is 10.0 Å². The zero-order chi connectivity index (χ0) is 14.6. The SMILES string of the molecule is Cc1cc(S(=O)(=O)NC2CCCCCC2)ccc1CN. The third-order valence-corrected chi connectivity index (χ3v) is 5.54. The predicted octanol–water partition coefficient (Wildman–Crippen LogP) is 2.45. The number of nitrogens with two attached hydrogens (primary N) is 1. The second-order valence-electron chi connectivity index (χ2n) is 5.60. The normalized spacial score (nSPS) is 17.9. The predicted molar refractivity (Wildman–Crippen MR) is 80.9 cm³/mol. The van der Waals surface area contributed by atoms with Crippen LogP contribution in [0.4, 0.5) is 0 Å². The Morgan fingerprint density at radius 2 is 1.85 bits per heavy atom. The lowest BCUT2D eigenvalue weighted by atomic mass is 10.1. The van der Waals surface area contributed by atoms with E-state index in [2.05, 4.69) is 4.72 Å². The minimum absolute atomic E-state index is 0.0805. The van der Waals surface area contributed by atoms with E-state index >= 15 is 0 Å². The van der Waals surface area contributed by atoms with Crippen LogP contribution in [0.15, 0.2) is 23.1 Å². The smallest absolute Gasteiger partial charge is 0.240 e. The molecule has 0 heterocycles.